The van der Waals surface area contributed by atoms with Crippen LogP contribution in [-0.4, -0.2) is 58.6 Å². The third kappa shape index (κ3) is 5.69. The fourth-order valence-corrected chi connectivity index (χ4v) is 5.57. The number of amidine groups is 2. The van der Waals surface area contributed by atoms with Crippen LogP contribution in [0, 0.1) is 0 Å². The molecule has 37 heavy (non-hydrogen) atoms. The van der Waals surface area contributed by atoms with E-state index in [9.17, 15) is 14.4 Å². The van der Waals surface area contributed by atoms with Gasteiger partial charge in [-0.3, -0.25) is 19.4 Å². The molecule has 0 aromatic heterocycles. The van der Waals surface area contributed by atoms with Crippen LogP contribution in [0.3, 0.4) is 0 Å². The highest BCUT2D eigenvalue weighted by atomic mass is 32.2. The van der Waals surface area contributed by atoms with Gasteiger partial charge in [0.1, 0.15) is 17.6 Å². The number of ether oxygens (including phenoxy) is 1. The van der Waals surface area contributed by atoms with E-state index in [0.717, 1.165) is 43.0 Å². The van der Waals surface area contributed by atoms with Gasteiger partial charge in [-0.15, -0.1) is 0 Å². The number of anilines is 1. The Hall–Kier alpha value is -3.66. The first-order chi connectivity index (χ1) is 18.0. The van der Waals surface area contributed by atoms with Crippen molar-refractivity contribution in [2.75, 3.05) is 18.2 Å². The summed E-state index contributed by atoms with van der Waals surface area (Å²) in [5, 5.41) is 6.29. The van der Waals surface area contributed by atoms with Crippen LogP contribution < -0.4 is 15.4 Å². The maximum Gasteiger partial charge on any atom is 0.259 e. The Bertz CT molecular complexity index is 1270. The number of hydrogen-bond donors (Lipinski definition) is 2. The van der Waals surface area contributed by atoms with Gasteiger partial charge < -0.3 is 15.4 Å². The number of fused-ring (bicyclic) bond motifs is 3. The van der Waals surface area contributed by atoms with Crippen LogP contribution in [-0.2, 0) is 14.4 Å². The molecule has 10 heteroatoms. The molecule has 1 atom stereocenters. The molecule has 1 aliphatic carbocycles. The van der Waals surface area contributed by atoms with Crippen LogP contribution in [0.15, 0.2) is 58.5 Å². The fourth-order valence-electron chi connectivity index (χ4n) is 4.77. The highest BCUT2D eigenvalue weighted by molar-refractivity contribution is 8.14. The summed E-state index contributed by atoms with van der Waals surface area (Å²) in [6, 6.07) is 13.9. The van der Waals surface area contributed by atoms with E-state index in [1.165, 1.54) is 11.3 Å². The lowest BCUT2D eigenvalue weighted by atomic mass is 9.95. The van der Waals surface area contributed by atoms with Gasteiger partial charge in [0.25, 0.3) is 5.91 Å². The van der Waals surface area contributed by atoms with E-state index < -0.39 is 6.04 Å². The number of amides is 3. The van der Waals surface area contributed by atoms with Gasteiger partial charge in [-0.1, -0.05) is 49.2 Å². The predicted octanol–water partition coefficient (Wildman–Crippen LogP) is 3.86. The van der Waals surface area contributed by atoms with E-state index in [-0.39, 0.29) is 35.9 Å². The zero-order valence-electron chi connectivity index (χ0n) is 20.6. The number of benzene rings is 2. The summed E-state index contributed by atoms with van der Waals surface area (Å²) in [5.74, 6) is 0.451. The van der Waals surface area contributed by atoms with Crippen molar-refractivity contribution in [3.05, 3.63) is 54.1 Å². The Balaban J connectivity index is 1.28. The minimum Gasteiger partial charge on any atom is -0.497 e. The molecule has 5 rings (SSSR count). The van der Waals surface area contributed by atoms with E-state index in [4.69, 9.17) is 4.74 Å². The van der Waals surface area contributed by atoms with Crippen molar-refractivity contribution in [3.8, 4) is 5.75 Å². The number of nitrogens with zero attached hydrogens (tertiary/aromatic N) is 3. The van der Waals surface area contributed by atoms with Crippen LogP contribution in [0.4, 0.5) is 11.4 Å². The topological polar surface area (TPSA) is 112 Å². The standard InChI is InChI=1S/C27H29N5O4S/c1-36-19-11-7-10-18(14-19)29-24(34)16-37-27-31-21-13-6-5-12-20(21)25-30-22(26(35)32(25)27)15-23(33)28-17-8-3-2-4-9-17/h5-7,10-14,17,22H,2-4,8-9,15-16H2,1H3,(H,28,33)(H,29,34)/t22-/m1/s1. The van der Waals surface area contributed by atoms with Gasteiger partial charge in [-0.25, -0.2) is 9.89 Å². The van der Waals surface area contributed by atoms with Gasteiger partial charge in [0, 0.05) is 23.4 Å². The van der Waals surface area contributed by atoms with E-state index in [1.54, 1.807) is 31.4 Å². The summed E-state index contributed by atoms with van der Waals surface area (Å²) >= 11 is 1.16. The van der Waals surface area contributed by atoms with E-state index in [1.807, 2.05) is 24.3 Å². The van der Waals surface area contributed by atoms with Crippen LogP contribution in [0.25, 0.3) is 0 Å². The summed E-state index contributed by atoms with van der Waals surface area (Å²) in [7, 11) is 1.56. The number of rotatable bonds is 7. The molecule has 2 N–H and O–H groups in total. The molecular formula is C27H29N5O4S. The number of para-hydroxylation sites is 1. The smallest absolute Gasteiger partial charge is 0.259 e. The summed E-state index contributed by atoms with van der Waals surface area (Å²) in [6.07, 6.45) is 5.37. The first-order valence-electron chi connectivity index (χ1n) is 12.5. The zero-order valence-corrected chi connectivity index (χ0v) is 21.4. The normalized spacial score (nSPS) is 18.9. The van der Waals surface area contributed by atoms with Crippen molar-refractivity contribution in [1.29, 1.82) is 0 Å². The van der Waals surface area contributed by atoms with Gasteiger partial charge in [-0.05, 0) is 37.1 Å². The van der Waals surface area contributed by atoms with Gasteiger partial charge in [0.2, 0.25) is 11.8 Å². The number of carbonyl (C=O) groups is 3. The first kappa shape index (κ1) is 25.0. The van der Waals surface area contributed by atoms with Gasteiger partial charge in [0.15, 0.2) is 5.17 Å². The van der Waals surface area contributed by atoms with Gasteiger partial charge in [0.05, 0.1) is 25.0 Å². The summed E-state index contributed by atoms with van der Waals surface area (Å²) in [6.45, 7) is 0. The Labute approximate surface area is 219 Å². The lowest BCUT2D eigenvalue weighted by molar-refractivity contribution is -0.129. The molecule has 0 radical (unpaired) electrons. The van der Waals surface area contributed by atoms with Crippen molar-refractivity contribution in [3.63, 3.8) is 0 Å². The SMILES string of the molecule is COc1cccc(NC(=O)CSC2=Nc3ccccc3C3=N[C@H](CC(=O)NC4CCCCC4)C(=O)N23)c1. The molecule has 0 unspecified atom stereocenters. The lowest BCUT2D eigenvalue weighted by Crippen LogP contribution is -2.43. The molecule has 9 nitrogen and oxygen atoms in total. The number of nitrogens with one attached hydrogen (secondary N) is 2. The van der Waals surface area contributed by atoms with Crippen LogP contribution in [0.5, 0.6) is 5.75 Å². The van der Waals surface area contributed by atoms with Gasteiger partial charge >= 0.3 is 0 Å². The molecule has 2 aromatic rings. The number of hydrogen-bond acceptors (Lipinski definition) is 7. The Morgan fingerprint density at radius 2 is 1.89 bits per heavy atom. The monoisotopic (exact) mass is 519 g/mol. The van der Waals surface area contributed by atoms with E-state index in [2.05, 4.69) is 20.6 Å². The maximum atomic E-state index is 13.4. The largest absolute Gasteiger partial charge is 0.497 e. The quantitative estimate of drug-likeness (QED) is 0.577. The Kier molecular flexibility index (Phi) is 7.55. The first-order valence-corrected chi connectivity index (χ1v) is 13.5. The van der Waals surface area contributed by atoms with Crippen molar-refractivity contribution in [2.45, 2.75) is 50.6 Å². The van der Waals surface area contributed by atoms with Crippen molar-refractivity contribution in [1.82, 2.24) is 10.2 Å². The highest BCUT2D eigenvalue weighted by Crippen LogP contribution is 2.34. The molecule has 0 saturated heterocycles. The molecular weight excluding hydrogens is 490 g/mol. The van der Waals surface area contributed by atoms with Crippen LogP contribution in [0.2, 0.25) is 0 Å². The highest BCUT2D eigenvalue weighted by Gasteiger charge is 2.42. The molecule has 2 heterocycles. The summed E-state index contributed by atoms with van der Waals surface area (Å²) < 4.78 is 5.20. The second kappa shape index (κ2) is 11.2. The molecule has 1 saturated carbocycles. The molecule has 3 amide bonds. The Morgan fingerprint density at radius 3 is 2.70 bits per heavy atom. The second-order valence-corrected chi connectivity index (χ2v) is 10.2. The number of aliphatic imine (C=N–C) groups is 2. The minimum absolute atomic E-state index is 0.00816. The van der Waals surface area contributed by atoms with E-state index >= 15 is 0 Å². The van der Waals surface area contributed by atoms with Crippen molar-refractivity contribution >= 4 is 51.9 Å². The third-order valence-corrected chi connectivity index (χ3v) is 7.52. The van der Waals surface area contributed by atoms with Gasteiger partial charge in [-0.2, -0.15) is 0 Å². The zero-order chi connectivity index (χ0) is 25.8. The minimum atomic E-state index is -0.818. The molecule has 0 bridgehead atoms. The Morgan fingerprint density at radius 1 is 1.08 bits per heavy atom. The average molecular weight is 520 g/mol. The molecule has 3 aliphatic rings. The lowest BCUT2D eigenvalue weighted by Gasteiger charge is -2.25. The summed E-state index contributed by atoms with van der Waals surface area (Å²) in [4.78, 5) is 49.6. The van der Waals surface area contributed by atoms with Crippen molar-refractivity contribution < 1.29 is 19.1 Å². The van der Waals surface area contributed by atoms with Crippen molar-refractivity contribution in [2.24, 2.45) is 9.98 Å². The van der Waals surface area contributed by atoms with Crippen LogP contribution >= 0.6 is 11.8 Å². The molecule has 192 valence electrons. The average Bonchev–Trinajstić information content (AvgIpc) is 3.24. The number of carbonyl (C=O) groups excluding carboxylic acids is 3. The molecule has 2 aliphatic heterocycles. The van der Waals surface area contributed by atoms with Crippen LogP contribution in [0.1, 0.15) is 44.1 Å². The summed E-state index contributed by atoms with van der Waals surface area (Å²) in [5.41, 5.74) is 2.02. The predicted molar refractivity (Wildman–Crippen MR) is 144 cm³/mol. The molecule has 1 fully saturated rings. The third-order valence-electron chi connectivity index (χ3n) is 6.58. The number of thioether (sulfide) groups is 1. The molecule has 0 spiro atoms. The number of methoxy groups -OCH3 is 1. The van der Waals surface area contributed by atoms with E-state index in [0.29, 0.717) is 28.1 Å². The molecule has 2 aromatic carbocycles. The maximum absolute atomic E-state index is 13.4. The second-order valence-electron chi connectivity index (χ2n) is 9.23. The fraction of sp³-hybridized carbons (Fsp3) is 0.370.